The number of anilines is 1. The Balaban J connectivity index is 2.27. The molecule has 0 fully saturated rings. The fourth-order valence-corrected chi connectivity index (χ4v) is 6.64. The molecule has 3 amide bonds. The molecule has 0 saturated carbocycles. The van der Waals surface area contributed by atoms with Gasteiger partial charge in [0.05, 0.1) is 0 Å². The average Bonchev–Trinajstić information content (AvgIpc) is 3.12. The van der Waals surface area contributed by atoms with Crippen LogP contribution in [0.5, 0.6) is 0 Å². The summed E-state index contributed by atoms with van der Waals surface area (Å²) in [6, 6.07) is 5.33. The first-order chi connectivity index (χ1) is 28.1. The number of carbonyl (C=O) groups is 5. The van der Waals surface area contributed by atoms with E-state index in [9.17, 15) is 24.0 Å². The van der Waals surface area contributed by atoms with Crippen LogP contribution in [0.15, 0.2) is 24.3 Å². The zero-order valence-corrected chi connectivity index (χ0v) is 39.1. The van der Waals surface area contributed by atoms with Crippen LogP contribution in [0.3, 0.4) is 0 Å². The van der Waals surface area contributed by atoms with Gasteiger partial charge in [0.2, 0.25) is 5.91 Å². The number of rotatable bonds is 30. The molecule has 0 spiro atoms. The third-order valence-corrected chi connectivity index (χ3v) is 9.64. The predicted molar refractivity (Wildman–Crippen MR) is 241 cm³/mol. The summed E-state index contributed by atoms with van der Waals surface area (Å²) in [5.41, 5.74) is 5.67. The van der Waals surface area contributed by atoms with Crippen LogP contribution in [0.1, 0.15) is 203 Å². The molecule has 12 nitrogen and oxygen atoms in total. The summed E-state index contributed by atoms with van der Waals surface area (Å²) in [6.45, 7) is 16.0. The SMILES string of the molecule is CC(C)(C)OC(=O)CCC(NC(=O)NC(CCCCNC(=O)CCCCCCCCCCCCCCCCCc1ccc(N)cc1)C(=O)OC(C)(C)C)C(=O)OC(C)(C)C. The molecule has 1 aromatic carbocycles. The van der Waals surface area contributed by atoms with Crippen LogP contribution in [0.4, 0.5) is 10.5 Å². The highest BCUT2D eigenvalue weighted by Gasteiger charge is 2.31. The van der Waals surface area contributed by atoms with E-state index in [1.807, 2.05) is 12.1 Å². The fraction of sp³-hybridized carbons (Fsp3) is 0.771. The first-order valence-corrected chi connectivity index (χ1v) is 23.0. The summed E-state index contributed by atoms with van der Waals surface area (Å²) in [5.74, 6) is -1.81. The highest BCUT2D eigenvalue weighted by atomic mass is 16.6. The van der Waals surface area contributed by atoms with Gasteiger partial charge in [-0.2, -0.15) is 0 Å². The van der Waals surface area contributed by atoms with Crippen LogP contribution in [-0.2, 0) is 39.8 Å². The van der Waals surface area contributed by atoms with Crippen molar-refractivity contribution in [1.82, 2.24) is 16.0 Å². The van der Waals surface area contributed by atoms with Crippen molar-refractivity contribution in [3.63, 3.8) is 0 Å². The summed E-state index contributed by atoms with van der Waals surface area (Å²) in [7, 11) is 0. The van der Waals surface area contributed by atoms with Crippen LogP contribution >= 0.6 is 0 Å². The number of nitrogens with one attached hydrogen (secondary N) is 3. The molecule has 5 N–H and O–H groups in total. The highest BCUT2D eigenvalue weighted by Crippen LogP contribution is 2.17. The van der Waals surface area contributed by atoms with Crippen molar-refractivity contribution in [2.75, 3.05) is 12.3 Å². The van der Waals surface area contributed by atoms with Crippen molar-refractivity contribution < 1.29 is 38.2 Å². The summed E-state index contributed by atoms with van der Waals surface area (Å²) < 4.78 is 16.4. The number of aryl methyl sites for hydroxylation is 1. The van der Waals surface area contributed by atoms with Gasteiger partial charge in [0.15, 0.2) is 0 Å². The quantitative estimate of drug-likeness (QED) is 0.0254. The Morgan fingerprint density at radius 1 is 0.517 bits per heavy atom. The molecule has 0 saturated heterocycles. The van der Waals surface area contributed by atoms with Crippen molar-refractivity contribution in [2.45, 2.75) is 232 Å². The molecular formula is C48H84N4O8. The second kappa shape index (κ2) is 29.4. The second-order valence-corrected chi connectivity index (χ2v) is 19.3. The first kappa shape index (κ1) is 54.2. The Labute approximate surface area is 363 Å². The number of esters is 3. The molecule has 0 aliphatic heterocycles. The lowest BCUT2D eigenvalue weighted by Crippen LogP contribution is -2.53. The van der Waals surface area contributed by atoms with E-state index < -0.39 is 52.8 Å². The Kier molecular flexibility index (Phi) is 26.6. The minimum atomic E-state index is -1.16. The molecule has 60 heavy (non-hydrogen) atoms. The van der Waals surface area contributed by atoms with Gasteiger partial charge in [-0.05, 0) is 125 Å². The van der Waals surface area contributed by atoms with Gasteiger partial charge in [-0.15, -0.1) is 0 Å². The zero-order valence-electron chi connectivity index (χ0n) is 39.1. The van der Waals surface area contributed by atoms with Gasteiger partial charge in [-0.1, -0.05) is 95.6 Å². The zero-order chi connectivity index (χ0) is 45.0. The van der Waals surface area contributed by atoms with E-state index in [2.05, 4.69) is 28.1 Å². The number of amides is 3. The fourth-order valence-electron chi connectivity index (χ4n) is 6.64. The van der Waals surface area contributed by atoms with E-state index in [0.717, 1.165) is 31.4 Å². The standard InChI is InChI=1S/C48H84N4O8/c1-46(2,3)58-42(54)35-34-40(44(56)60-48(7,8)9)52-45(57)51-39(43(55)59-47(4,5)6)28-25-26-36-50-41(53)29-24-22-20-18-16-14-12-10-11-13-15-17-19-21-23-27-37-30-32-38(49)33-31-37/h30-33,39-40H,10-29,34-36,49H2,1-9H3,(H,50,53)(H2,51,52,57). The number of hydrogen-bond acceptors (Lipinski definition) is 9. The van der Waals surface area contributed by atoms with Crippen molar-refractivity contribution in [3.05, 3.63) is 29.8 Å². The van der Waals surface area contributed by atoms with Crippen molar-refractivity contribution in [2.24, 2.45) is 0 Å². The smallest absolute Gasteiger partial charge is 0.329 e. The van der Waals surface area contributed by atoms with E-state index in [4.69, 9.17) is 19.9 Å². The number of unbranched alkanes of at least 4 members (excludes halogenated alkanes) is 15. The Bertz CT molecular complexity index is 1380. The third-order valence-electron chi connectivity index (χ3n) is 9.64. The maximum Gasteiger partial charge on any atom is 0.329 e. The average molecular weight is 845 g/mol. The Morgan fingerprint density at radius 2 is 0.933 bits per heavy atom. The van der Waals surface area contributed by atoms with Crippen LogP contribution in [0, 0.1) is 0 Å². The summed E-state index contributed by atoms with van der Waals surface area (Å²) in [4.78, 5) is 64.1. The van der Waals surface area contributed by atoms with Crippen LogP contribution in [0.2, 0.25) is 0 Å². The van der Waals surface area contributed by atoms with Gasteiger partial charge in [0.25, 0.3) is 0 Å². The number of benzene rings is 1. The summed E-state index contributed by atoms with van der Waals surface area (Å²) >= 11 is 0. The van der Waals surface area contributed by atoms with E-state index in [1.165, 1.54) is 82.6 Å². The van der Waals surface area contributed by atoms with Gasteiger partial charge >= 0.3 is 23.9 Å². The normalized spacial score (nSPS) is 12.9. The molecule has 1 rings (SSSR count). The van der Waals surface area contributed by atoms with Gasteiger partial charge in [0, 0.05) is 25.1 Å². The molecule has 1 aromatic rings. The Morgan fingerprint density at radius 3 is 1.38 bits per heavy atom. The van der Waals surface area contributed by atoms with E-state index in [0.29, 0.717) is 25.8 Å². The summed E-state index contributed by atoms with van der Waals surface area (Å²) in [6.07, 6.45) is 21.7. The second-order valence-electron chi connectivity index (χ2n) is 19.3. The number of urea groups is 1. The lowest BCUT2D eigenvalue weighted by atomic mass is 10.0. The van der Waals surface area contributed by atoms with E-state index in [1.54, 1.807) is 62.3 Å². The minimum Gasteiger partial charge on any atom is -0.460 e. The molecule has 0 aliphatic rings. The molecule has 344 valence electrons. The van der Waals surface area contributed by atoms with E-state index in [-0.39, 0.29) is 25.2 Å². The summed E-state index contributed by atoms with van der Waals surface area (Å²) in [5, 5.41) is 8.21. The van der Waals surface area contributed by atoms with Crippen LogP contribution in [-0.4, -0.2) is 65.3 Å². The molecular weight excluding hydrogens is 761 g/mol. The first-order valence-electron chi connectivity index (χ1n) is 23.0. The van der Waals surface area contributed by atoms with Gasteiger partial charge in [-0.25, -0.2) is 14.4 Å². The monoisotopic (exact) mass is 845 g/mol. The molecule has 2 atom stereocenters. The number of nitrogen functional groups attached to an aromatic ring is 1. The maximum absolute atomic E-state index is 13.2. The molecule has 0 radical (unpaired) electrons. The predicted octanol–water partition coefficient (Wildman–Crippen LogP) is 10.2. The number of nitrogens with two attached hydrogens (primary N) is 1. The number of carbonyl (C=O) groups excluding carboxylic acids is 5. The van der Waals surface area contributed by atoms with Crippen molar-refractivity contribution >= 4 is 35.5 Å². The topological polar surface area (TPSA) is 175 Å². The molecule has 0 aliphatic carbocycles. The van der Waals surface area contributed by atoms with Crippen molar-refractivity contribution in [1.29, 1.82) is 0 Å². The molecule has 12 heteroatoms. The number of ether oxygens (including phenoxy) is 3. The third kappa shape index (κ3) is 31.1. The van der Waals surface area contributed by atoms with Gasteiger partial charge < -0.3 is 35.9 Å². The molecule has 2 unspecified atom stereocenters. The molecule has 0 aromatic heterocycles. The van der Waals surface area contributed by atoms with Crippen LogP contribution in [0.25, 0.3) is 0 Å². The maximum atomic E-state index is 13.2. The highest BCUT2D eigenvalue weighted by molar-refractivity contribution is 5.87. The van der Waals surface area contributed by atoms with Gasteiger partial charge in [0.1, 0.15) is 28.9 Å². The lowest BCUT2D eigenvalue weighted by molar-refractivity contribution is -0.159. The Hall–Kier alpha value is -3.83. The largest absolute Gasteiger partial charge is 0.460 e. The minimum absolute atomic E-state index is 0.0222. The van der Waals surface area contributed by atoms with Crippen molar-refractivity contribution in [3.8, 4) is 0 Å². The number of hydrogen-bond donors (Lipinski definition) is 4. The van der Waals surface area contributed by atoms with Gasteiger partial charge in [-0.3, -0.25) is 9.59 Å². The lowest BCUT2D eigenvalue weighted by Gasteiger charge is -2.27. The van der Waals surface area contributed by atoms with E-state index >= 15 is 0 Å². The molecule has 0 bridgehead atoms. The molecule has 0 heterocycles. The van der Waals surface area contributed by atoms with Crippen LogP contribution < -0.4 is 21.7 Å².